The molecule has 0 aromatic heterocycles. The number of nitrogen functional groups attached to an aromatic ring is 1. The van der Waals surface area contributed by atoms with Crippen LogP contribution < -0.4 is 5.73 Å². The second-order valence-corrected chi connectivity index (χ2v) is 14.1. The summed E-state index contributed by atoms with van der Waals surface area (Å²) in [5.74, 6) is 0.378. The molecule has 0 spiro atoms. The Labute approximate surface area is 257 Å². The van der Waals surface area contributed by atoms with Gasteiger partial charge in [-0.3, -0.25) is 0 Å². The molecular formula is C39H67NO. The molecule has 0 saturated carbocycles. The predicted molar refractivity (Wildman–Crippen MR) is 192 cm³/mol. The van der Waals surface area contributed by atoms with Crippen molar-refractivity contribution in [2.45, 2.75) is 115 Å². The lowest BCUT2D eigenvalue weighted by molar-refractivity contribution is 0.469. The summed E-state index contributed by atoms with van der Waals surface area (Å²) in [7, 11) is 0. The van der Waals surface area contributed by atoms with Crippen molar-refractivity contribution < 1.29 is 5.11 Å². The molecule has 0 fully saturated rings. The molecule has 0 atom stereocenters. The van der Waals surface area contributed by atoms with E-state index in [4.69, 9.17) is 5.73 Å². The van der Waals surface area contributed by atoms with Gasteiger partial charge < -0.3 is 10.8 Å². The number of benzene rings is 2. The van der Waals surface area contributed by atoms with E-state index in [1.54, 1.807) is 12.1 Å². The van der Waals surface area contributed by atoms with Gasteiger partial charge in [0.25, 0.3) is 0 Å². The number of phenolic OH excluding ortho intramolecular Hbond substituents is 1. The molecule has 0 unspecified atom stereocenters. The number of nitrogens with two attached hydrogens (primary N) is 1. The van der Waals surface area contributed by atoms with Crippen LogP contribution in [0.2, 0.25) is 0 Å². The molecule has 0 heterocycles. The van der Waals surface area contributed by atoms with Crippen LogP contribution in [0.4, 0.5) is 5.69 Å². The van der Waals surface area contributed by atoms with Crippen molar-refractivity contribution in [3.63, 3.8) is 0 Å². The maximum absolute atomic E-state index is 9.31. The average Bonchev–Trinajstić information content (AvgIpc) is 2.83. The molecule has 2 rings (SSSR count). The number of aryl methyl sites for hydroxylation is 2. The number of aromatic hydroxyl groups is 1. The van der Waals surface area contributed by atoms with Crippen LogP contribution >= 0.6 is 0 Å². The van der Waals surface area contributed by atoms with E-state index in [1.807, 2.05) is 44.2 Å². The maximum atomic E-state index is 9.31. The van der Waals surface area contributed by atoms with Crippen molar-refractivity contribution in [1.82, 2.24) is 0 Å². The summed E-state index contributed by atoms with van der Waals surface area (Å²) in [6, 6.07) is 11.9. The second-order valence-electron chi connectivity index (χ2n) is 14.1. The standard InChI is InChI=1S/C11H17N.C11H16O.2C6H12.C3H6.C2H4/c1-8-5-6-9(12)7-10(8)11(2,3)4;1-8-7-9(11(2,3)4)5-6-10(8)12;2*1-5-6(2,3)4;1-3-2;1-2/h5-7H,12H2,1-4H3;5-7,12H,1-4H3;2*5H,1H2,2-4H3;3H,1H2,2H3;1-2H2. The third-order valence-corrected chi connectivity index (χ3v) is 5.36. The van der Waals surface area contributed by atoms with Crippen LogP contribution in [0.3, 0.4) is 0 Å². The van der Waals surface area contributed by atoms with E-state index >= 15 is 0 Å². The first-order valence-corrected chi connectivity index (χ1v) is 14.4. The van der Waals surface area contributed by atoms with Gasteiger partial charge in [0.2, 0.25) is 0 Å². The van der Waals surface area contributed by atoms with Crippen LogP contribution in [0.15, 0.2) is 87.5 Å². The molecule has 0 bridgehead atoms. The summed E-state index contributed by atoms with van der Waals surface area (Å²) < 4.78 is 0. The topological polar surface area (TPSA) is 46.2 Å². The van der Waals surface area contributed by atoms with Crippen molar-refractivity contribution in [3.05, 3.63) is 110 Å². The lowest BCUT2D eigenvalue weighted by atomic mass is 9.84. The minimum absolute atomic E-state index is 0.165. The molecule has 2 aromatic carbocycles. The number of hydrogen-bond acceptors (Lipinski definition) is 2. The second kappa shape index (κ2) is 20.8. The number of rotatable bonds is 0. The smallest absolute Gasteiger partial charge is 0.118 e. The number of hydrogen-bond donors (Lipinski definition) is 2. The molecule has 2 heteroatoms. The summed E-state index contributed by atoms with van der Waals surface area (Å²) in [6.07, 6.45) is 5.62. The van der Waals surface area contributed by atoms with E-state index in [2.05, 4.69) is 135 Å². The highest BCUT2D eigenvalue weighted by atomic mass is 16.3. The molecule has 0 aliphatic heterocycles. The largest absolute Gasteiger partial charge is 0.508 e. The van der Waals surface area contributed by atoms with Gasteiger partial charge in [0.05, 0.1) is 0 Å². The third kappa shape index (κ3) is 27.0. The molecule has 2 aromatic rings. The summed E-state index contributed by atoms with van der Waals surface area (Å²) in [4.78, 5) is 0. The van der Waals surface area contributed by atoms with E-state index in [9.17, 15) is 5.11 Å². The van der Waals surface area contributed by atoms with Gasteiger partial charge >= 0.3 is 0 Å². The van der Waals surface area contributed by atoms with Gasteiger partial charge in [-0.25, -0.2) is 0 Å². The SMILES string of the molecule is C=C.C=CC.C=CC(C)(C)C.C=CC(C)(C)C.Cc1cc(C(C)(C)C)ccc1O.Cc1ccc(N)cc1C(C)(C)C. The first kappa shape index (κ1) is 45.0. The first-order valence-electron chi connectivity index (χ1n) is 14.4. The zero-order valence-electron chi connectivity index (χ0n) is 29.8. The van der Waals surface area contributed by atoms with E-state index < -0.39 is 0 Å². The molecule has 3 N–H and O–H groups in total. The highest BCUT2D eigenvalue weighted by molar-refractivity contribution is 5.46. The van der Waals surface area contributed by atoms with E-state index in [0.29, 0.717) is 16.6 Å². The van der Waals surface area contributed by atoms with Crippen molar-refractivity contribution >= 4 is 5.69 Å². The van der Waals surface area contributed by atoms with Crippen LogP contribution in [0.5, 0.6) is 5.75 Å². The zero-order valence-corrected chi connectivity index (χ0v) is 29.8. The molecule has 41 heavy (non-hydrogen) atoms. The molecule has 2 nitrogen and oxygen atoms in total. The minimum atomic E-state index is 0.165. The molecule has 234 valence electrons. The molecular weight excluding hydrogens is 498 g/mol. The summed E-state index contributed by atoms with van der Waals surface area (Å²) >= 11 is 0. The van der Waals surface area contributed by atoms with E-state index in [1.165, 1.54) is 16.7 Å². The Morgan fingerprint density at radius 3 is 1.24 bits per heavy atom. The van der Waals surface area contributed by atoms with Gasteiger partial charge in [0.15, 0.2) is 0 Å². The van der Waals surface area contributed by atoms with Gasteiger partial charge in [-0.1, -0.05) is 120 Å². The van der Waals surface area contributed by atoms with Crippen LogP contribution in [-0.2, 0) is 10.8 Å². The highest BCUT2D eigenvalue weighted by Crippen LogP contribution is 2.27. The Balaban J connectivity index is -0.000000220. The lowest BCUT2D eigenvalue weighted by Gasteiger charge is -2.21. The van der Waals surface area contributed by atoms with Crippen LogP contribution in [-0.4, -0.2) is 5.11 Å². The zero-order chi connectivity index (χ0) is 33.8. The predicted octanol–water partition coefficient (Wildman–Crippen LogP) is 12.3. The fourth-order valence-electron chi connectivity index (χ4n) is 2.57. The number of phenols is 1. The molecule has 0 aliphatic carbocycles. The first-order chi connectivity index (χ1) is 18.4. The Kier molecular flexibility index (Phi) is 22.8. The van der Waals surface area contributed by atoms with Crippen LogP contribution in [0.25, 0.3) is 0 Å². The number of allylic oxidation sites excluding steroid dienone is 3. The van der Waals surface area contributed by atoms with Gasteiger partial charge in [-0.15, -0.1) is 32.9 Å². The summed E-state index contributed by atoms with van der Waals surface area (Å²) in [6.45, 7) is 48.4. The van der Waals surface area contributed by atoms with E-state index in [-0.39, 0.29) is 10.8 Å². The van der Waals surface area contributed by atoms with Gasteiger partial charge in [-0.2, -0.15) is 0 Å². The van der Waals surface area contributed by atoms with Crippen LogP contribution in [0, 0.1) is 24.7 Å². The summed E-state index contributed by atoms with van der Waals surface area (Å²) in [5.41, 5.74) is 12.4. The fourth-order valence-corrected chi connectivity index (χ4v) is 2.57. The van der Waals surface area contributed by atoms with Crippen molar-refractivity contribution in [1.29, 1.82) is 0 Å². The maximum Gasteiger partial charge on any atom is 0.118 e. The van der Waals surface area contributed by atoms with Crippen molar-refractivity contribution in [2.75, 3.05) is 5.73 Å². The summed E-state index contributed by atoms with van der Waals surface area (Å²) in [5, 5.41) is 9.31. The quantitative estimate of drug-likeness (QED) is 0.246. The molecule has 0 aliphatic rings. The number of anilines is 1. The van der Waals surface area contributed by atoms with E-state index in [0.717, 1.165) is 11.3 Å². The Bertz CT molecular complexity index is 982. The van der Waals surface area contributed by atoms with Gasteiger partial charge in [0, 0.05) is 5.69 Å². The Hall–Kier alpha value is -3.00. The molecule has 0 radical (unpaired) electrons. The Morgan fingerprint density at radius 1 is 0.634 bits per heavy atom. The average molecular weight is 566 g/mol. The lowest BCUT2D eigenvalue weighted by Crippen LogP contribution is -2.13. The van der Waals surface area contributed by atoms with Crippen LogP contribution in [0.1, 0.15) is 112 Å². The highest BCUT2D eigenvalue weighted by Gasteiger charge is 2.16. The normalized spacial score (nSPS) is 10.5. The molecule has 0 saturated heterocycles. The third-order valence-electron chi connectivity index (χ3n) is 5.36. The molecule has 0 amide bonds. The van der Waals surface area contributed by atoms with Gasteiger partial charge in [0.1, 0.15) is 5.75 Å². The minimum Gasteiger partial charge on any atom is -0.508 e. The Morgan fingerprint density at radius 2 is 1.00 bits per heavy atom. The monoisotopic (exact) mass is 566 g/mol. The fraction of sp³-hybridized carbons (Fsp3) is 0.487. The van der Waals surface area contributed by atoms with Crippen molar-refractivity contribution in [3.8, 4) is 5.75 Å². The van der Waals surface area contributed by atoms with Crippen molar-refractivity contribution in [2.24, 2.45) is 10.8 Å². The van der Waals surface area contributed by atoms with Gasteiger partial charge in [-0.05, 0) is 82.9 Å².